The van der Waals surface area contributed by atoms with Gasteiger partial charge in [-0.25, -0.2) is 0 Å². The zero-order valence-electron chi connectivity index (χ0n) is 23.0. The number of carbonyl (C=O) groups excluding carboxylic acids is 1. The van der Waals surface area contributed by atoms with Crippen molar-refractivity contribution < 1.29 is 9.21 Å². The van der Waals surface area contributed by atoms with E-state index in [-0.39, 0.29) is 16.7 Å². The van der Waals surface area contributed by atoms with Crippen LogP contribution in [0.25, 0.3) is 0 Å². The van der Waals surface area contributed by atoms with Gasteiger partial charge in [0.2, 0.25) is 0 Å². The number of carbonyl (C=O) groups is 1. The van der Waals surface area contributed by atoms with E-state index in [9.17, 15) is 4.79 Å². The first-order chi connectivity index (χ1) is 16.5. The summed E-state index contributed by atoms with van der Waals surface area (Å²) >= 11 is 0. The molecular formula is C30H45N3O2. The number of nitrogens with zero attached hydrogens (tertiary/aromatic N) is 3. The SMILES string of the molecule is Cc1cc2c(cc1Cc1ccc(C(=O)N3CCN(CCCN(C)C)CC3)o1)C(C)(C)CCC2(C)C. The summed E-state index contributed by atoms with van der Waals surface area (Å²) < 4.78 is 6.10. The molecule has 0 atom stereocenters. The molecule has 5 nitrogen and oxygen atoms in total. The molecule has 1 aliphatic carbocycles. The van der Waals surface area contributed by atoms with Crippen LogP contribution in [0.4, 0.5) is 0 Å². The van der Waals surface area contributed by atoms with E-state index in [4.69, 9.17) is 4.42 Å². The van der Waals surface area contributed by atoms with Crippen molar-refractivity contribution in [2.75, 3.05) is 53.4 Å². The van der Waals surface area contributed by atoms with Crippen LogP contribution >= 0.6 is 0 Å². The van der Waals surface area contributed by atoms with E-state index in [2.05, 4.69) is 70.6 Å². The lowest BCUT2D eigenvalue weighted by molar-refractivity contribution is 0.0601. The summed E-state index contributed by atoms with van der Waals surface area (Å²) in [5.41, 5.74) is 5.98. The predicted octanol–water partition coefficient (Wildman–Crippen LogP) is 5.24. The number of piperazine rings is 1. The Bertz CT molecular complexity index is 1040. The largest absolute Gasteiger partial charge is 0.456 e. The molecule has 1 aliphatic heterocycles. The molecule has 0 bridgehead atoms. The molecule has 4 rings (SSSR count). The number of benzene rings is 1. The molecule has 1 saturated heterocycles. The van der Waals surface area contributed by atoms with Gasteiger partial charge in [0.15, 0.2) is 5.76 Å². The fraction of sp³-hybridized carbons (Fsp3) is 0.633. The Kier molecular flexibility index (Phi) is 7.49. The van der Waals surface area contributed by atoms with E-state index >= 15 is 0 Å². The molecular weight excluding hydrogens is 434 g/mol. The van der Waals surface area contributed by atoms with Gasteiger partial charge in [-0.2, -0.15) is 0 Å². The fourth-order valence-electron chi connectivity index (χ4n) is 5.67. The molecule has 1 amide bonds. The van der Waals surface area contributed by atoms with Crippen LogP contribution in [0, 0.1) is 6.92 Å². The Morgan fingerprint density at radius 3 is 2.23 bits per heavy atom. The summed E-state index contributed by atoms with van der Waals surface area (Å²) in [7, 11) is 4.23. The monoisotopic (exact) mass is 479 g/mol. The molecule has 0 saturated carbocycles. The van der Waals surface area contributed by atoms with Crippen molar-refractivity contribution in [3.8, 4) is 0 Å². The molecule has 0 N–H and O–H groups in total. The highest BCUT2D eigenvalue weighted by atomic mass is 16.4. The van der Waals surface area contributed by atoms with Crippen molar-refractivity contribution in [2.24, 2.45) is 0 Å². The van der Waals surface area contributed by atoms with Crippen LogP contribution < -0.4 is 0 Å². The molecule has 1 aromatic heterocycles. The number of aryl methyl sites for hydroxylation is 1. The standard InChI is InChI=1S/C30H45N3O2/c1-22-19-25-26(30(4,5)12-11-29(25,2)3)21-23(22)20-24-9-10-27(35-24)28(34)33-17-15-32(16-18-33)14-8-13-31(6)7/h9-10,19,21H,8,11-18,20H2,1-7H3. The van der Waals surface area contributed by atoms with E-state index in [0.29, 0.717) is 5.76 Å². The number of furan rings is 1. The molecule has 0 unspecified atom stereocenters. The molecule has 2 aliphatic rings. The van der Waals surface area contributed by atoms with Crippen molar-refractivity contribution in [2.45, 2.75) is 71.1 Å². The second-order valence-corrected chi connectivity index (χ2v) is 12.3. The number of fused-ring (bicyclic) bond motifs is 1. The molecule has 0 spiro atoms. The minimum absolute atomic E-state index is 0.0224. The average Bonchev–Trinajstić information content (AvgIpc) is 3.26. The summed E-state index contributed by atoms with van der Waals surface area (Å²) in [5.74, 6) is 1.36. The lowest BCUT2D eigenvalue weighted by Crippen LogP contribution is -2.49. The first-order valence-electron chi connectivity index (χ1n) is 13.4. The first kappa shape index (κ1) is 26.0. The maximum atomic E-state index is 13.1. The summed E-state index contributed by atoms with van der Waals surface area (Å²) in [4.78, 5) is 19.7. The highest BCUT2D eigenvalue weighted by Crippen LogP contribution is 2.46. The number of rotatable bonds is 7. The Hall–Kier alpha value is -2.11. The Morgan fingerprint density at radius 1 is 0.971 bits per heavy atom. The quantitative estimate of drug-likeness (QED) is 0.545. The summed E-state index contributed by atoms with van der Waals surface area (Å²) in [6.07, 6.45) is 4.32. The van der Waals surface area contributed by atoms with Crippen LogP contribution in [0.5, 0.6) is 0 Å². The lowest BCUT2D eigenvalue weighted by atomic mass is 9.62. The maximum absolute atomic E-state index is 13.1. The summed E-state index contributed by atoms with van der Waals surface area (Å²) in [6, 6.07) is 8.66. The van der Waals surface area contributed by atoms with Gasteiger partial charge in [0, 0.05) is 32.6 Å². The second kappa shape index (κ2) is 10.1. The molecule has 2 heterocycles. The average molecular weight is 480 g/mol. The molecule has 2 aromatic rings. The minimum atomic E-state index is 0.0224. The maximum Gasteiger partial charge on any atom is 0.289 e. The number of hydrogen-bond donors (Lipinski definition) is 0. The Morgan fingerprint density at radius 2 is 1.60 bits per heavy atom. The lowest BCUT2D eigenvalue weighted by Gasteiger charge is -2.42. The first-order valence-corrected chi connectivity index (χ1v) is 13.4. The molecule has 0 radical (unpaired) electrons. The van der Waals surface area contributed by atoms with Crippen LogP contribution in [0.1, 0.15) is 85.5 Å². The van der Waals surface area contributed by atoms with Gasteiger partial charge in [-0.3, -0.25) is 9.69 Å². The van der Waals surface area contributed by atoms with Crippen LogP contribution in [-0.2, 0) is 17.3 Å². The molecule has 1 aromatic carbocycles. The molecule has 35 heavy (non-hydrogen) atoms. The highest BCUT2D eigenvalue weighted by molar-refractivity contribution is 5.91. The third kappa shape index (κ3) is 5.83. The zero-order chi connectivity index (χ0) is 25.4. The van der Waals surface area contributed by atoms with E-state index < -0.39 is 0 Å². The predicted molar refractivity (Wildman–Crippen MR) is 143 cm³/mol. The van der Waals surface area contributed by atoms with Crippen molar-refractivity contribution in [3.63, 3.8) is 0 Å². The molecule has 5 heteroatoms. The van der Waals surface area contributed by atoms with Gasteiger partial charge in [-0.05, 0) is 98.6 Å². The summed E-state index contributed by atoms with van der Waals surface area (Å²) in [6.45, 7) is 17.3. The van der Waals surface area contributed by atoms with Gasteiger partial charge in [0.1, 0.15) is 5.76 Å². The second-order valence-electron chi connectivity index (χ2n) is 12.3. The van der Waals surface area contributed by atoms with Gasteiger partial charge < -0.3 is 14.2 Å². The third-order valence-corrected chi connectivity index (χ3v) is 8.29. The van der Waals surface area contributed by atoms with Crippen molar-refractivity contribution in [1.82, 2.24) is 14.7 Å². The van der Waals surface area contributed by atoms with E-state index in [1.807, 2.05) is 17.0 Å². The van der Waals surface area contributed by atoms with Gasteiger partial charge in [0.05, 0.1) is 0 Å². The molecule has 192 valence electrons. The van der Waals surface area contributed by atoms with Crippen molar-refractivity contribution in [1.29, 1.82) is 0 Å². The van der Waals surface area contributed by atoms with E-state index in [1.165, 1.54) is 41.5 Å². The van der Waals surface area contributed by atoms with Gasteiger partial charge in [0.25, 0.3) is 5.91 Å². The van der Waals surface area contributed by atoms with Crippen molar-refractivity contribution >= 4 is 5.91 Å². The topological polar surface area (TPSA) is 39.9 Å². The van der Waals surface area contributed by atoms with Crippen LogP contribution in [0.3, 0.4) is 0 Å². The normalized spacial score (nSPS) is 19.7. The minimum Gasteiger partial charge on any atom is -0.456 e. The fourth-order valence-corrected chi connectivity index (χ4v) is 5.67. The van der Waals surface area contributed by atoms with E-state index in [0.717, 1.165) is 51.4 Å². The van der Waals surface area contributed by atoms with Crippen LogP contribution in [0.2, 0.25) is 0 Å². The third-order valence-electron chi connectivity index (χ3n) is 8.29. The number of hydrogen-bond acceptors (Lipinski definition) is 4. The van der Waals surface area contributed by atoms with E-state index in [1.54, 1.807) is 0 Å². The van der Waals surface area contributed by atoms with Crippen molar-refractivity contribution in [3.05, 3.63) is 58.0 Å². The van der Waals surface area contributed by atoms with Gasteiger partial charge in [-0.1, -0.05) is 39.8 Å². The highest BCUT2D eigenvalue weighted by Gasteiger charge is 2.37. The summed E-state index contributed by atoms with van der Waals surface area (Å²) in [5, 5.41) is 0. The number of amides is 1. The Labute approximate surface area is 212 Å². The Balaban J connectivity index is 1.41. The van der Waals surface area contributed by atoms with Crippen LogP contribution in [0.15, 0.2) is 28.7 Å². The smallest absolute Gasteiger partial charge is 0.289 e. The zero-order valence-corrected chi connectivity index (χ0v) is 23.0. The van der Waals surface area contributed by atoms with Gasteiger partial charge >= 0.3 is 0 Å². The molecule has 1 fully saturated rings. The van der Waals surface area contributed by atoms with Gasteiger partial charge in [-0.15, -0.1) is 0 Å². The van der Waals surface area contributed by atoms with Crippen LogP contribution in [-0.4, -0.2) is 74.0 Å².